The van der Waals surface area contributed by atoms with E-state index in [9.17, 15) is 19.5 Å². The highest BCUT2D eigenvalue weighted by Crippen LogP contribution is 2.44. The summed E-state index contributed by atoms with van der Waals surface area (Å²) in [6.45, 7) is 0. The summed E-state index contributed by atoms with van der Waals surface area (Å²) in [7, 11) is 0. The first-order chi connectivity index (χ1) is 10.1. The Labute approximate surface area is 126 Å². The Kier molecular flexibility index (Phi) is 3.59. The fraction of sp³-hybridized carbons (Fsp3) is 0.300. The molecular weight excluding hydrogens is 318 g/mol. The van der Waals surface area contributed by atoms with E-state index in [0.29, 0.717) is 22.2 Å². The van der Waals surface area contributed by atoms with Gasteiger partial charge in [0.2, 0.25) is 6.41 Å². The van der Waals surface area contributed by atoms with Crippen LogP contribution in [0.15, 0.2) is 22.1 Å². The molecule has 0 radical (unpaired) electrons. The molecule has 3 heterocycles. The molecular formula is C10H9N5O4S2. The van der Waals surface area contributed by atoms with E-state index >= 15 is 0 Å². The number of β-lactam (4-membered cyclic amide) rings is 1. The van der Waals surface area contributed by atoms with E-state index in [1.54, 1.807) is 0 Å². The number of fused-ring (bicyclic) bond motifs is 1. The number of carboxylic acids is 1. The second-order valence-electron chi connectivity index (χ2n) is 4.14. The van der Waals surface area contributed by atoms with Crippen LogP contribution < -0.4 is 5.32 Å². The normalized spacial score (nSPS) is 24.4. The molecule has 2 aliphatic heterocycles. The monoisotopic (exact) mass is 327 g/mol. The Morgan fingerprint density at radius 1 is 1.67 bits per heavy atom. The molecule has 3 rings (SSSR count). The zero-order chi connectivity index (χ0) is 15.0. The summed E-state index contributed by atoms with van der Waals surface area (Å²) >= 11 is 2.52. The Morgan fingerprint density at radius 2 is 2.48 bits per heavy atom. The molecule has 1 saturated heterocycles. The number of aromatic amines is 1. The number of hydrogen-bond donors (Lipinski definition) is 3. The molecule has 0 bridgehead atoms. The molecule has 1 fully saturated rings. The van der Waals surface area contributed by atoms with Gasteiger partial charge < -0.3 is 10.4 Å². The fourth-order valence-corrected chi connectivity index (χ4v) is 4.48. The minimum Gasteiger partial charge on any atom is -0.477 e. The number of aliphatic carboxylic acids is 1. The van der Waals surface area contributed by atoms with Crippen LogP contribution in [0.2, 0.25) is 0 Å². The quantitative estimate of drug-likeness (QED) is 0.475. The molecule has 2 amide bonds. The van der Waals surface area contributed by atoms with Crippen molar-refractivity contribution < 1.29 is 19.5 Å². The largest absolute Gasteiger partial charge is 0.477 e. The van der Waals surface area contributed by atoms with Crippen molar-refractivity contribution in [2.24, 2.45) is 0 Å². The van der Waals surface area contributed by atoms with E-state index in [0.717, 1.165) is 11.8 Å². The number of rotatable bonds is 5. The maximum absolute atomic E-state index is 12.0. The number of carbonyl (C=O) groups is 3. The molecule has 21 heavy (non-hydrogen) atoms. The summed E-state index contributed by atoms with van der Waals surface area (Å²) in [5, 5.41) is 18.2. The topological polar surface area (TPSA) is 128 Å². The Bertz CT molecular complexity index is 631. The molecule has 0 aliphatic carbocycles. The van der Waals surface area contributed by atoms with Gasteiger partial charge in [-0.25, -0.2) is 9.78 Å². The van der Waals surface area contributed by atoms with Gasteiger partial charge in [-0.05, 0) is 0 Å². The van der Waals surface area contributed by atoms with Crippen LogP contribution in [0.3, 0.4) is 0 Å². The average molecular weight is 327 g/mol. The maximum atomic E-state index is 12.0. The van der Waals surface area contributed by atoms with Gasteiger partial charge in [0, 0.05) is 10.7 Å². The Hall–Kier alpha value is -2.01. The van der Waals surface area contributed by atoms with Crippen molar-refractivity contribution in [2.75, 3.05) is 5.75 Å². The molecule has 0 unspecified atom stereocenters. The fourth-order valence-electron chi connectivity index (χ4n) is 2.12. The van der Waals surface area contributed by atoms with Gasteiger partial charge in [-0.15, -0.1) is 11.8 Å². The van der Waals surface area contributed by atoms with Crippen LogP contribution in [0.25, 0.3) is 0 Å². The number of hydrogen-bond acceptors (Lipinski definition) is 7. The lowest BCUT2D eigenvalue weighted by Gasteiger charge is -2.48. The smallest absolute Gasteiger partial charge is 0.353 e. The Balaban J connectivity index is 1.90. The number of aromatic nitrogens is 3. The SMILES string of the molecule is O=CN[C@@H]1C(=O)N2C(C(=O)O)=C(Sc3ncn[nH]3)CS[C@H]12. The van der Waals surface area contributed by atoms with E-state index < -0.39 is 17.9 Å². The summed E-state index contributed by atoms with van der Waals surface area (Å²) in [5.41, 5.74) is -0.0610. The maximum Gasteiger partial charge on any atom is 0.353 e. The van der Waals surface area contributed by atoms with Gasteiger partial charge >= 0.3 is 5.97 Å². The summed E-state index contributed by atoms with van der Waals surface area (Å²) in [6.07, 6.45) is 1.77. The van der Waals surface area contributed by atoms with Gasteiger partial charge in [0.25, 0.3) is 5.91 Å². The molecule has 110 valence electrons. The van der Waals surface area contributed by atoms with Crippen molar-refractivity contribution >= 4 is 41.8 Å². The zero-order valence-electron chi connectivity index (χ0n) is 10.3. The highest BCUT2D eigenvalue weighted by Gasteiger charge is 2.53. The highest BCUT2D eigenvalue weighted by atomic mass is 32.2. The minimum absolute atomic E-state index is 0.0610. The molecule has 9 nitrogen and oxygen atoms in total. The van der Waals surface area contributed by atoms with Crippen LogP contribution in [0.5, 0.6) is 0 Å². The predicted octanol–water partition coefficient (Wildman–Crippen LogP) is -0.777. The molecule has 0 saturated carbocycles. The van der Waals surface area contributed by atoms with Gasteiger partial charge in [0.1, 0.15) is 23.4 Å². The van der Waals surface area contributed by atoms with Crippen LogP contribution in [0.4, 0.5) is 0 Å². The van der Waals surface area contributed by atoms with Crippen LogP contribution in [0, 0.1) is 0 Å². The van der Waals surface area contributed by atoms with Crippen LogP contribution in [0.1, 0.15) is 0 Å². The number of amides is 2. The van der Waals surface area contributed by atoms with E-state index in [2.05, 4.69) is 20.5 Å². The number of nitrogens with zero attached hydrogens (tertiary/aromatic N) is 3. The van der Waals surface area contributed by atoms with Crippen molar-refractivity contribution in [3.05, 3.63) is 16.9 Å². The first-order valence-electron chi connectivity index (χ1n) is 5.77. The first-order valence-corrected chi connectivity index (χ1v) is 7.64. The van der Waals surface area contributed by atoms with Crippen molar-refractivity contribution in [1.82, 2.24) is 25.4 Å². The van der Waals surface area contributed by atoms with Gasteiger partial charge in [0.15, 0.2) is 5.16 Å². The summed E-state index contributed by atoms with van der Waals surface area (Å²) in [6, 6.07) is -0.668. The second-order valence-corrected chi connectivity index (χ2v) is 6.33. The lowest BCUT2D eigenvalue weighted by atomic mass is 10.1. The predicted molar refractivity (Wildman–Crippen MR) is 73.0 cm³/mol. The highest BCUT2D eigenvalue weighted by molar-refractivity contribution is 8.06. The van der Waals surface area contributed by atoms with Gasteiger partial charge in [0.05, 0.1) is 0 Å². The first kappa shape index (κ1) is 13.9. The Morgan fingerprint density at radius 3 is 3.10 bits per heavy atom. The number of H-pyrrole nitrogens is 1. The molecule has 2 aliphatic rings. The number of carbonyl (C=O) groups excluding carboxylic acids is 2. The third-order valence-electron chi connectivity index (χ3n) is 3.00. The van der Waals surface area contributed by atoms with E-state index in [1.807, 2.05) is 0 Å². The van der Waals surface area contributed by atoms with Crippen molar-refractivity contribution in [2.45, 2.75) is 16.6 Å². The lowest BCUT2D eigenvalue weighted by molar-refractivity contribution is -0.149. The van der Waals surface area contributed by atoms with Crippen molar-refractivity contribution in [1.29, 1.82) is 0 Å². The van der Waals surface area contributed by atoms with Crippen LogP contribution in [-0.2, 0) is 14.4 Å². The average Bonchev–Trinajstić information content (AvgIpc) is 2.97. The molecule has 1 aromatic rings. The molecule has 0 aromatic carbocycles. The summed E-state index contributed by atoms with van der Waals surface area (Å²) in [5.74, 6) is -1.19. The molecule has 1 aromatic heterocycles. The number of carboxylic acid groups (broad SMARTS) is 1. The number of thioether (sulfide) groups is 2. The second kappa shape index (κ2) is 5.41. The van der Waals surface area contributed by atoms with Crippen LogP contribution >= 0.6 is 23.5 Å². The zero-order valence-corrected chi connectivity index (χ0v) is 12.0. The number of nitrogens with one attached hydrogen (secondary N) is 2. The third-order valence-corrected chi connectivity index (χ3v) is 5.43. The molecule has 2 atom stereocenters. The lowest BCUT2D eigenvalue weighted by Crippen LogP contribution is -2.69. The van der Waals surface area contributed by atoms with E-state index in [-0.39, 0.29) is 11.1 Å². The molecule has 3 N–H and O–H groups in total. The standard InChI is InChI=1S/C10H9N5O4S2/c16-3-12-5-7(17)15-6(9(18)19)4(1-20-8(5)15)21-10-11-2-13-14-10/h2-3,5,8H,1H2,(H,12,16)(H,18,19)(H,11,13,14)/t5-,8-/m1/s1. The van der Waals surface area contributed by atoms with Gasteiger partial charge in [-0.2, -0.15) is 5.10 Å². The van der Waals surface area contributed by atoms with Crippen LogP contribution in [-0.4, -0.2) is 60.6 Å². The third kappa shape index (κ3) is 2.27. The summed E-state index contributed by atoms with van der Waals surface area (Å²) in [4.78, 5) is 39.6. The van der Waals surface area contributed by atoms with Crippen molar-refractivity contribution in [3.63, 3.8) is 0 Å². The molecule has 11 heteroatoms. The van der Waals surface area contributed by atoms with Gasteiger partial charge in [-0.1, -0.05) is 11.8 Å². The minimum atomic E-state index is -1.18. The van der Waals surface area contributed by atoms with Crippen molar-refractivity contribution in [3.8, 4) is 0 Å². The molecule has 0 spiro atoms. The van der Waals surface area contributed by atoms with E-state index in [1.165, 1.54) is 23.0 Å². The summed E-state index contributed by atoms with van der Waals surface area (Å²) < 4.78 is 0. The van der Waals surface area contributed by atoms with Gasteiger partial charge in [-0.3, -0.25) is 19.6 Å². The van der Waals surface area contributed by atoms with E-state index in [4.69, 9.17) is 0 Å².